The molecule has 1 aliphatic heterocycles. The van der Waals surface area contributed by atoms with Gasteiger partial charge in [0.2, 0.25) is 0 Å². The molecule has 0 aromatic heterocycles. The van der Waals surface area contributed by atoms with E-state index in [2.05, 4.69) is 26.0 Å². The van der Waals surface area contributed by atoms with Crippen LogP contribution in [-0.4, -0.2) is 20.2 Å². The van der Waals surface area contributed by atoms with E-state index < -0.39 is 0 Å². The van der Waals surface area contributed by atoms with Gasteiger partial charge in [-0.25, -0.2) is 4.79 Å². The van der Waals surface area contributed by atoms with Gasteiger partial charge in [0.15, 0.2) is 0 Å². The molecular weight excluding hydrogens is 328 g/mol. The minimum atomic E-state index is -0.370. The van der Waals surface area contributed by atoms with Gasteiger partial charge >= 0.3 is 5.97 Å². The third-order valence-corrected chi connectivity index (χ3v) is 4.34. The summed E-state index contributed by atoms with van der Waals surface area (Å²) < 4.78 is 16.0. The van der Waals surface area contributed by atoms with Gasteiger partial charge in [0, 0.05) is 17.2 Å². The van der Waals surface area contributed by atoms with Crippen LogP contribution in [0.5, 0.6) is 11.5 Å². The smallest absolute Gasteiger partial charge is 0.343 e. The number of hydrogen-bond donors (Lipinski definition) is 0. The molecule has 0 bridgehead atoms. The first kappa shape index (κ1) is 17.8. The topological polar surface area (TPSA) is 44.8 Å². The van der Waals surface area contributed by atoms with Crippen LogP contribution < -0.4 is 9.47 Å². The van der Waals surface area contributed by atoms with E-state index in [0.717, 1.165) is 11.1 Å². The second-order valence-electron chi connectivity index (χ2n) is 6.38. The van der Waals surface area contributed by atoms with Crippen molar-refractivity contribution in [2.45, 2.75) is 19.8 Å². The van der Waals surface area contributed by atoms with Crippen molar-refractivity contribution in [3.8, 4) is 11.5 Å². The van der Waals surface area contributed by atoms with Gasteiger partial charge < -0.3 is 14.2 Å². The van der Waals surface area contributed by atoms with Gasteiger partial charge in [-0.15, -0.1) is 0 Å². The van der Waals surface area contributed by atoms with E-state index in [4.69, 9.17) is 14.2 Å². The van der Waals surface area contributed by atoms with Crippen LogP contribution in [0.25, 0.3) is 11.8 Å². The third-order valence-electron chi connectivity index (χ3n) is 4.34. The van der Waals surface area contributed by atoms with Crippen LogP contribution >= 0.6 is 0 Å². The SMILES string of the molecule is COc1ccc(/C=C2/C=C(c3ccc(C(C)C)cc3)OC2=O)c(OC)c1. The van der Waals surface area contributed by atoms with Crippen LogP contribution in [0.3, 0.4) is 0 Å². The molecule has 0 spiro atoms. The molecule has 1 aliphatic rings. The summed E-state index contributed by atoms with van der Waals surface area (Å²) in [6.07, 6.45) is 3.52. The predicted molar refractivity (Wildman–Crippen MR) is 102 cm³/mol. The second-order valence-corrected chi connectivity index (χ2v) is 6.38. The molecule has 2 aromatic rings. The quantitative estimate of drug-likeness (QED) is 0.573. The molecular formula is C22H22O4. The van der Waals surface area contributed by atoms with E-state index in [9.17, 15) is 4.79 Å². The molecule has 0 amide bonds. The molecule has 4 heteroatoms. The van der Waals surface area contributed by atoms with E-state index in [-0.39, 0.29) is 5.97 Å². The number of methoxy groups -OCH3 is 2. The zero-order valence-electron chi connectivity index (χ0n) is 15.4. The summed E-state index contributed by atoms with van der Waals surface area (Å²) in [4.78, 5) is 12.3. The minimum Gasteiger partial charge on any atom is -0.497 e. The fourth-order valence-electron chi connectivity index (χ4n) is 2.77. The van der Waals surface area contributed by atoms with Gasteiger partial charge in [0.1, 0.15) is 17.3 Å². The number of benzene rings is 2. The van der Waals surface area contributed by atoms with E-state index in [1.54, 1.807) is 32.4 Å². The summed E-state index contributed by atoms with van der Waals surface area (Å²) in [5.41, 5.74) is 3.40. The monoisotopic (exact) mass is 350 g/mol. The van der Waals surface area contributed by atoms with Crippen molar-refractivity contribution in [1.29, 1.82) is 0 Å². The maximum atomic E-state index is 12.3. The molecule has 2 aromatic carbocycles. The first-order valence-corrected chi connectivity index (χ1v) is 8.49. The fourth-order valence-corrected chi connectivity index (χ4v) is 2.77. The van der Waals surface area contributed by atoms with Crippen molar-refractivity contribution in [1.82, 2.24) is 0 Å². The number of hydrogen-bond acceptors (Lipinski definition) is 4. The highest BCUT2D eigenvalue weighted by Gasteiger charge is 2.22. The number of ether oxygens (including phenoxy) is 3. The average Bonchev–Trinajstić information content (AvgIpc) is 3.02. The minimum absolute atomic E-state index is 0.370. The molecule has 26 heavy (non-hydrogen) atoms. The number of carbonyl (C=O) groups is 1. The summed E-state index contributed by atoms with van der Waals surface area (Å²) in [5, 5.41) is 0. The van der Waals surface area contributed by atoms with Gasteiger partial charge in [0.25, 0.3) is 0 Å². The molecule has 1 heterocycles. The first-order valence-electron chi connectivity index (χ1n) is 8.49. The number of carbonyl (C=O) groups excluding carboxylic acids is 1. The Hall–Kier alpha value is -3.01. The summed E-state index contributed by atoms with van der Waals surface area (Å²) in [6.45, 7) is 4.29. The molecule has 4 nitrogen and oxygen atoms in total. The van der Waals surface area contributed by atoms with Crippen molar-refractivity contribution in [2.24, 2.45) is 0 Å². The van der Waals surface area contributed by atoms with Crippen LogP contribution in [0.1, 0.15) is 36.5 Å². The Labute approximate surface area is 153 Å². The Bertz CT molecular complexity index is 874. The van der Waals surface area contributed by atoms with Gasteiger partial charge in [0.05, 0.1) is 19.8 Å². The lowest BCUT2D eigenvalue weighted by molar-refractivity contribution is -0.130. The Balaban J connectivity index is 1.91. The Morgan fingerprint density at radius 3 is 2.35 bits per heavy atom. The number of cyclic esters (lactones) is 1. The highest BCUT2D eigenvalue weighted by atomic mass is 16.5. The van der Waals surface area contributed by atoms with Gasteiger partial charge in [-0.2, -0.15) is 0 Å². The highest BCUT2D eigenvalue weighted by Crippen LogP contribution is 2.31. The largest absolute Gasteiger partial charge is 0.497 e. The van der Waals surface area contributed by atoms with Gasteiger partial charge in [-0.3, -0.25) is 0 Å². The van der Waals surface area contributed by atoms with Crippen LogP contribution in [0.4, 0.5) is 0 Å². The molecule has 0 unspecified atom stereocenters. The Morgan fingerprint density at radius 2 is 1.73 bits per heavy atom. The van der Waals surface area contributed by atoms with E-state index in [0.29, 0.717) is 28.7 Å². The van der Waals surface area contributed by atoms with Crippen LogP contribution in [-0.2, 0) is 9.53 Å². The first-order chi connectivity index (χ1) is 12.5. The average molecular weight is 350 g/mol. The molecule has 0 saturated heterocycles. The highest BCUT2D eigenvalue weighted by molar-refractivity contribution is 6.05. The van der Waals surface area contributed by atoms with Crippen molar-refractivity contribution in [3.63, 3.8) is 0 Å². The predicted octanol–water partition coefficient (Wildman–Crippen LogP) is 4.81. The van der Waals surface area contributed by atoms with Crippen molar-refractivity contribution in [3.05, 3.63) is 70.8 Å². The molecule has 0 saturated carbocycles. The summed E-state index contributed by atoms with van der Waals surface area (Å²) in [7, 11) is 3.18. The van der Waals surface area contributed by atoms with Crippen LogP contribution in [0, 0.1) is 0 Å². The lowest BCUT2D eigenvalue weighted by Crippen LogP contribution is -1.98. The van der Waals surface area contributed by atoms with Crippen LogP contribution in [0.2, 0.25) is 0 Å². The van der Waals surface area contributed by atoms with E-state index in [1.807, 2.05) is 24.3 Å². The number of rotatable bonds is 5. The van der Waals surface area contributed by atoms with E-state index >= 15 is 0 Å². The lowest BCUT2D eigenvalue weighted by Gasteiger charge is -2.07. The van der Waals surface area contributed by atoms with Gasteiger partial charge in [-0.1, -0.05) is 38.1 Å². The molecule has 0 N–H and O–H groups in total. The maximum absolute atomic E-state index is 12.3. The molecule has 0 radical (unpaired) electrons. The molecule has 0 aliphatic carbocycles. The molecule has 0 atom stereocenters. The van der Waals surface area contributed by atoms with Gasteiger partial charge in [-0.05, 0) is 35.8 Å². The molecule has 0 fully saturated rings. The summed E-state index contributed by atoms with van der Waals surface area (Å²) in [5.74, 6) is 1.98. The Kier molecular flexibility index (Phi) is 5.12. The van der Waals surface area contributed by atoms with Crippen LogP contribution in [0.15, 0.2) is 54.1 Å². The normalized spacial score (nSPS) is 15.2. The fraction of sp³-hybridized carbons (Fsp3) is 0.227. The molecule has 134 valence electrons. The molecule has 3 rings (SSSR count). The second kappa shape index (κ2) is 7.48. The zero-order valence-corrected chi connectivity index (χ0v) is 15.4. The summed E-state index contributed by atoms with van der Waals surface area (Å²) in [6, 6.07) is 13.5. The Morgan fingerprint density at radius 1 is 1.00 bits per heavy atom. The zero-order chi connectivity index (χ0) is 18.7. The maximum Gasteiger partial charge on any atom is 0.343 e. The summed E-state index contributed by atoms with van der Waals surface area (Å²) >= 11 is 0. The standard InChI is InChI=1S/C22H22O4/c1-14(2)15-5-7-16(8-6-15)21-12-18(22(23)26-21)11-17-9-10-19(24-3)13-20(17)25-4/h5-14H,1-4H3/b18-11-. The van der Waals surface area contributed by atoms with E-state index in [1.165, 1.54) is 5.56 Å². The van der Waals surface area contributed by atoms with Crippen molar-refractivity contribution in [2.75, 3.05) is 14.2 Å². The lowest BCUT2D eigenvalue weighted by atomic mass is 10.0. The van der Waals surface area contributed by atoms with Crippen molar-refractivity contribution >= 4 is 17.8 Å². The van der Waals surface area contributed by atoms with Crippen molar-refractivity contribution < 1.29 is 19.0 Å². The third kappa shape index (κ3) is 3.64. The number of esters is 1.